The van der Waals surface area contributed by atoms with E-state index < -0.39 is 16.0 Å². The number of ether oxygens (including phenoxy) is 1. The van der Waals surface area contributed by atoms with E-state index in [1.807, 2.05) is 13.8 Å². The molecule has 0 saturated heterocycles. The van der Waals surface area contributed by atoms with Crippen molar-refractivity contribution in [3.63, 3.8) is 0 Å². The van der Waals surface area contributed by atoms with Crippen LogP contribution in [0.2, 0.25) is 0 Å². The quantitative estimate of drug-likeness (QED) is 0.781. The predicted molar refractivity (Wildman–Crippen MR) is 77.3 cm³/mol. The van der Waals surface area contributed by atoms with Crippen molar-refractivity contribution in [3.8, 4) is 5.75 Å². The van der Waals surface area contributed by atoms with Crippen LogP contribution >= 0.6 is 0 Å². The summed E-state index contributed by atoms with van der Waals surface area (Å²) in [5.74, 6) is -0.909. The lowest BCUT2D eigenvalue weighted by Crippen LogP contribution is -2.25. The standard InChI is InChI=1S/C14H19NO5S/c1-3-4-5-15-21(18,19)11-7-10-6-9(2)20-13(10)12(8-11)14(16)17/h7-9,15H,3-6H2,1-2H3,(H,16,17). The van der Waals surface area contributed by atoms with Crippen LogP contribution in [0.3, 0.4) is 0 Å². The van der Waals surface area contributed by atoms with Crippen molar-refractivity contribution in [1.82, 2.24) is 4.72 Å². The number of carbonyl (C=O) groups is 1. The van der Waals surface area contributed by atoms with Crippen LogP contribution in [0.5, 0.6) is 5.75 Å². The Hall–Kier alpha value is -1.60. The molecule has 1 aromatic carbocycles. The number of hydrogen-bond donors (Lipinski definition) is 2. The number of nitrogens with one attached hydrogen (secondary N) is 1. The Balaban J connectivity index is 2.40. The van der Waals surface area contributed by atoms with Crippen LogP contribution in [0.25, 0.3) is 0 Å². The first-order valence-corrected chi connectivity index (χ1v) is 8.40. The number of hydrogen-bond acceptors (Lipinski definition) is 4. The summed E-state index contributed by atoms with van der Waals surface area (Å²) in [6, 6.07) is 2.66. The maximum absolute atomic E-state index is 12.2. The molecule has 0 bridgehead atoms. The molecule has 116 valence electrons. The van der Waals surface area contributed by atoms with Gasteiger partial charge in [-0.15, -0.1) is 0 Å². The smallest absolute Gasteiger partial charge is 0.339 e. The van der Waals surface area contributed by atoms with Gasteiger partial charge in [0.2, 0.25) is 10.0 Å². The number of carboxylic acids is 1. The SMILES string of the molecule is CCCCNS(=O)(=O)c1cc2c(c(C(=O)O)c1)OC(C)C2. The van der Waals surface area contributed by atoms with Gasteiger partial charge in [0.15, 0.2) is 0 Å². The van der Waals surface area contributed by atoms with Crippen LogP contribution in [0, 0.1) is 0 Å². The largest absolute Gasteiger partial charge is 0.489 e. The minimum Gasteiger partial charge on any atom is -0.489 e. The molecule has 1 aromatic rings. The van der Waals surface area contributed by atoms with Crippen LogP contribution in [-0.4, -0.2) is 32.1 Å². The first kappa shape index (κ1) is 15.8. The Labute approximate surface area is 124 Å². The first-order valence-electron chi connectivity index (χ1n) is 6.91. The average molecular weight is 313 g/mol. The predicted octanol–water partition coefficient (Wildman–Crippen LogP) is 1.79. The Morgan fingerprint density at radius 1 is 1.48 bits per heavy atom. The minimum absolute atomic E-state index is 0.0209. The molecule has 6 nitrogen and oxygen atoms in total. The topological polar surface area (TPSA) is 92.7 Å². The number of sulfonamides is 1. The summed E-state index contributed by atoms with van der Waals surface area (Å²) in [7, 11) is -3.70. The van der Waals surface area contributed by atoms with E-state index >= 15 is 0 Å². The summed E-state index contributed by atoms with van der Waals surface area (Å²) in [4.78, 5) is 11.3. The highest BCUT2D eigenvalue weighted by molar-refractivity contribution is 7.89. The molecule has 2 rings (SSSR count). The van der Waals surface area contributed by atoms with Gasteiger partial charge in [0.05, 0.1) is 4.90 Å². The van der Waals surface area contributed by atoms with Gasteiger partial charge >= 0.3 is 5.97 Å². The second-order valence-corrected chi connectivity index (χ2v) is 6.92. The van der Waals surface area contributed by atoms with Crippen molar-refractivity contribution >= 4 is 16.0 Å². The van der Waals surface area contributed by atoms with Crippen molar-refractivity contribution in [1.29, 1.82) is 0 Å². The molecule has 1 unspecified atom stereocenters. The van der Waals surface area contributed by atoms with Gasteiger partial charge in [0, 0.05) is 18.5 Å². The molecule has 7 heteroatoms. The Bertz CT molecular complexity index is 654. The summed E-state index contributed by atoms with van der Waals surface area (Å²) in [5, 5.41) is 9.24. The van der Waals surface area contributed by atoms with Crippen LogP contribution in [-0.2, 0) is 16.4 Å². The fourth-order valence-electron chi connectivity index (χ4n) is 2.28. The zero-order valence-electron chi connectivity index (χ0n) is 12.0. The molecule has 0 aromatic heterocycles. The lowest BCUT2D eigenvalue weighted by molar-refractivity contribution is 0.0691. The molecule has 1 heterocycles. The van der Waals surface area contributed by atoms with E-state index in [-0.39, 0.29) is 22.3 Å². The van der Waals surface area contributed by atoms with E-state index in [1.165, 1.54) is 6.07 Å². The molecule has 0 fully saturated rings. The average Bonchev–Trinajstić information content (AvgIpc) is 2.77. The molecule has 1 aliphatic heterocycles. The molecular formula is C14H19NO5S. The van der Waals surface area contributed by atoms with Crippen molar-refractivity contribution in [2.75, 3.05) is 6.54 Å². The Morgan fingerprint density at radius 3 is 2.81 bits per heavy atom. The van der Waals surface area contributed by atoms with Crippen LogP contribution in [0.4, 0.5) is 0 Å². The third-order valence-electron chi connectivity index (χ3n) is 3.33. The van der Waals surface area contributed by atoms with Gasteiger partial charge in [-0.25, -0.2) is 17.9 Å². The van der Waals surface area contributed by atoms with Gasteiger partial charge in [-0.1, -0.05) is 13.3 Å². The highest BCUT2D eigenvalue weighted by atomic mass is 32.2. The van der Waals surface area contributed by atoms with E-state index in [0.717, 1.165) is 18.9 Å². The van der Waals surface area contributed by atoms with Gasteiger partial charge in [-0.3, -0.25) is 0 Å². The monoisotopic (exact) mass is 313 g/mol. The minimum atomic E-state index is -3.70. The van der Waals surface area contributed by atoms with E-state index in [2.05, 4.69) is 4.72 Å². The second kappa shape index (κ2) is 6.03. The first-order chi connectivity index (χ1) is 9.85. The fraction of sp³-hybridized carbons (Fsp3) is 0.500. The van der Waals surface area contributed by atoms with Gasteiger partial charge in [0.25, 0.3) is 0 Å². The van der Waals surface area contributed by atoms with E-state index in [1.54, 1.807) is 0 Å². The van der Waals surface area contributed by atoms with E-state index in [4.69, 9.17) is 4.74 Å². The Morgan fingerprint density at radius 2 is 2.19 bits per heavy atom. The normalized spacial score (nSPS) is 17.3. The Kier molecular flexibility index (Phi) is 4.53. The van der Waals surface area contributed by atoms with Crippen molar-refractivity contribution in [2.45, 2.75) is 44.1 Å². The highest BCUT2D eigenvalue weighted by Gasteiger charge is 2.28. The number of rotatable bonds is 6. The zero-order valence-corrected chi connectivity index (χ0v) is 12.9. The second-order valence-electron chi connectivity index (χ2n) is 5.15. The van der Waals surface area contributed by atoms with Crippen molar-refractivity contribution < 1.29 is 23.1 Å². The van der Waals surface area contributed by atoms with Gasteiger partial charge in [0.1, 0.15) is 17.4 Å². The van der Waals surface area contributed by atoms with Gasteiger partial charge in [-0.2, -0.15) is 0 Å². The zero-order chi connectivity index (χ0) is 15.6. The maximum atomic E-state index is 12.2. The number of fused-ring (bicyclic) bond motifs is 1. The molecule has 0 radical (unpaired) electrons. The molecule has 1 aliphatic rings. The third kappa shape index (κ3) is 3.36. The number of carboxylic acid groups (broad SMARTS) is 1. The summed E-state index contributed by atoms with van der Waals surface area (Å²) >= 11 is 0. The van der Waals surface area contributed by atoms with Crippen molar-refractivity contribution in [3.05, 3.63) is 23.3 Å². The molecular weight excluding hydrogens is 294 g/mol. The molecule has 0 amide bonds. The van der Waals surface area contributed by atoms with E-state index in [9.17, 15) is 18.3 Å². The summed E-state index contributed by atoms with van der Waals surface area (Å²) in [5.41, 5.74) is 0.519. The van der Waals surface area contributed by atoms with Crippen LogP contribution < -0.4 is 9.46 Å². The summed E-state index contributed by atoms with van der Waals surface area (Å²) in [6.07, 6.45) is 1.96. The number of aromatic carboxylic acids is 1. The third-order valence-corrected chi connectivity index (χ3v) is 4.77. The van der Waals surface area contributed by atoms with E-state index in [0.29, 0.717) is 18.5 Å². The van der Waals surface area contributed by atoms with Gasteiger partial charge in [-0.05, 0) is 25.5 Å². The lowest BCUT2D eigenvalue weighted by Gasteiger charge is -2.10. The highest BCUT2D eigenvalue weighted by Crippen LogP contribution is 2.35. The lowest BCUT2D eigenvalue weighted by atomic mass is 10.1. The van der Waals surface area contributed by atoms with Crippen LogP contribution in [0.15, 0.2) is 17.0 Å². The molecule has 0 spiro atoms. The summed E-state index contributed by atoms with van der Waals surface area (Å²) in [6.45, 7) is 4.12. The van der Waals surface area contributed by atoms with Gasteiger partial charge < -0.3 is 9.84 Å². The van der Waals surface area contributed by atoms with Crippen molar-refractivity contribution in [2.24, 2.45) is 0 Å². The maximum Gasteiger partial charge on any atom is 0.339 e. The number of unbranched alkanes of at least 4 members (excludes halogenated alkanes) is 1. The summed E-state index contributed by atoms with van der Waals surface area (Å²) < 4.78 is 32.4. The molecule has 1 atom stereocenters. The van der Waals surface area contributed by atoms with Crippen LogP contribution in [0.1, 0.15) is 42.6 Å². The fourth-order valence-corrected chi connectivity index (χ4v) is 3.43. The molecule has 2 N–H and O–H groups in total. The molecule has 0 saturated carbocycles. The molecule has 0 aliphatic carbocycles. The number of benzene rings is 1. The molecule has 21 heavy (non-hydrogen) atoms.